The van der Waals surface area contributed by atoms with Gasteiger partial charge in [0.05, 0.1) is 17.7 Å². The Balaban J connectivity index is 1.81. The fourth-order valence-electron chi connectivity index (χ4n) is 4.13. The summed E-state index contributed by atoms with van der Waals surface area (Å²) in [6, 6.07) is 9.72. The second-order valence-corrected chi connectivity index (χ2v) is 8.39. The standard InChI is InChI=1S/C25H20F6N2O3/c1-15-5-2-3-6-19(15)20-7-9-33(35)23-21(20)22(34)32(8-4-10-36-23)14-16-11-17(24(26,27)28)13-18(12-16)25(29,30)31/h2-3,5-7,9,11-13H,4,8,10,14H2,1H3. The van der Waals surface area contributed by atoms with E-state index in [9.17, 15) is 36.3 Å². The van der Waals surface area contributed by atoms with Crippen molar-refractivity contribution in [1.29, 1.82) is 0 Å². The van der Waals surface area contributed by atoms with Crippen LogP contribution in [0.1, 0.15) is 39.0 Å². The first kappa shape index (κ1) is 25.3. The average Bonchev–Trinajstić information content (AvgIpc) is 2.79. The number of carbonyl (C=O) groups is 1. The zero-order chi connectivity index (χ0) is 26.3. The van der Waals surface area contributed by atoms with Crippen molar-refractivity contribution < 1.29 is 40.6 Å². The molecule has 4 rings (SSSR count). The molecule has 0 radical (unpaired) electrons. The van der Waals surface area contributed by atoms with Crippen molar-refractivity contribution in [3.05, 3.63) is 87.8 Å². The topological polar surface area (TPSA) is 56.5 Å². The summed E-state index contributed by atoms with van der Waals surface area (Å²) in [5.74, 6) is -1.01. The van der Waals surface area contributed by atoms with Crippen LogP contribution in [0.25, 0.3) is 11.1 Å². The van der Waals surface area contributed by atoms with Gasteiger partial charge < -0.3 is 14.8 Å². The van der Waals surface area contributed by atoms with E-state index >= 15 is 0 Å². The average molecular weight is 510 g/mol. The van der Waals surface area contributed by atoms with E-state index < -0.39 is 35.9 Å². The quantitative estimate of drug-likeness (QED) is 0.256. The number of hydrogen-bond acceptors (Lipinski definition) is 3. The van der Waals surface area contributed by atoms with Gasteiger partial charge in [0.1, 0.15) is 0 Å². The monoisotopic (exact) mass is 510 g/mol. The minimum absolute atomic E-state index is 0.00314. The highest BCUT2D eigenvalue weighted by molar-refractivity contribution is 6.03. The number of rotatable bonds is 3. The lowest BCUT2D eigenvalue weighted by Gasteiger charge is -2.27. The summed E-state index contributed by atoms with van der Waals surface area (Å²) in [5, 5.41) is 12.5. The fraction of sp³-hybridized carbons (Fsp3) is 0.280. The van der Waals surface area contributed by atoms with E-state index in [0.717, 1.165) is 10.5 Å². The van der Waals surface area contributed by atoms with Gasteiger partial charge in [0.15, 0.2) is 11.8 Å². The van der Waals surface area contributed by atoms with Crippen LogP contribution >= 0.6 is 0 Å². The third kappa shape index (κ3) is 5.09. The fourth-order valence-corrected chi connectivity index (χ4v) is 4.13. The molecule has 2 heterocycles. The van der Waals surface area contributed by atoms with Crippen LogP contribution in [0.2, 0.25) is 0 Å². The smallest absolute Gasteiger partial charge is 0.416 e. The summed E-state index contributed by atoms with van der Waals surface area (Å²) in [5.41, 5.74) is -1.58. The van der Waals surface area contributed by atoms with Crippen LogP contribution in [0.3, 0.4) is 0 Å². The van der Waals surface area contributed by atoms with Crippen LogP contribution in [-0.4, -0.2) is 24.0 Å². The molecule has 0 spiro atoms. The van der Waals surface area contributed by atoms with E-state index in [0.29, 0.717) is 28.0 Å². The Kier molecular flexibility index (Phi) is 6.59. The number of aromatic nitrogens is 1. The number of carbonyl (C=O) groups excluding carboxylic acids is 1. The number of hydrogen-bond donors (Lipinski definition) is 0. The van der Waals surface area contributed by atoms with E-state index in [-0.39, 0.29) is 42.6 Å². The lowest BCUT2D eigenvalue weighted by atomic mass is 9.96. The van der Waals surface area contributed by atoms with Gasteiger partial charge in [0.25, 0.3) is 5.91 Å². The van der Waals surface area contributed by atoms with Crippen molar-refractivity contribution in [2.75, 3.05) is 13.2 Å². The van der Waals surface area contributed by atoms with E-state index in [4.69, 9.17) is 4.74 Å². The predicted molar refractivity (Wildman–Crippen MR) is 117 cm³/mol. The van der Waals surface area contributed by atoms with E-state index in [1.54, 1.807) is 31.2 Å². The van der Waals surface area contributed by atoms with Crippen molar-refractivity contribution in [2.45, 2.75) is 32.2 Å². The zero-order valence-corrected chi connectivity index (χ0v) is 18.9. The Labute approximate surface area is 202 Å². The Morgan fingerprint density at radius 2 is 1.61 bits per heavy atom. The number of alkyl halides is 6. The summed E-state index contributed by atoms with van der Waals surface area (Å²) in [7, 11) is 0. The second kappa shape index (κ2) is 9.36. The Morgan fingerprint density at radius 1 is 0.972 bits per heavy atom. The third-order valence-corrected chi connectivity index (χ3v) is 5.83. The largest absolute Gasteiger partial charge is 0.616 e. The number of benzene rings is 2. The number of halogens is 6. The lowest BCUT2D eigenvalue weighted by molar-refractivity contribution is -0.613. The first-order chi connectivity index (χ1) is 16.9. The first-order valence-corrected chi connectivity index (χ1v) is 10.9. The Bertz CT molecular complexity index is 1270. The maximum Gasteiger partial charge on any atom is 0.416 e. The molecule has 0 bridgehead atoms. The molecular formula is C25H20F6N2O3. The highest BCUT2D eigenvalue weighted by Gasteiger charge is 2.38. The SMILES string of the molecule is Cc1ccccc1-c1cc[n+]([O-])c2c1C(=O)N(Cc1cc(C(F)(F)F)cc(C(F)(F)F)c1)CCCO2. The van der Waals surface area contributed by atoms with Gasteiger partial charge in [-0.3, -0.25) is 4.79 Å². The molecule has 0 aliphatic carbocycles. The van der Waals surface area contributed by atoms with Gasteiger partial charge in [-0.1, -0.05) is 24.3 Å². The zero-order valence-electron chi connectivity index (χ0n) is 18.9. The van der Waals surface area contributed by atoms with Gasteiger partial charge in [0.2, 0.25) is 0 Å². The molecule has 5 nitrogen and oxygen atoms in total. The number of fused-ring (bicyclic) bond motifs is 1. The third-order valence-electron chi connectivity index (χ3n) is 5.83. The molecule has 0 fully saturated rings. The molecule has 11 heteroatoms. The predicted octanol–water partition coefficient (Wildman–Crippen LogP) is 5.76. The number of ether oxygens (including phenoxy) is 1. The molecule has 0 N–H and O–H groups in total. The Morgan fingerprint density at radius 3 is 2.22 bits per heavy atom. The molecule has 1 aromatic heterocycles. The maximum absolute atomic E-state index is 13.7. The summed E-state index contributed by atoms with van der Waals surface area (Å²) in [4.78, 5) is 14.8. The van der Waals surface area contributed by atoms with Crippen LogP contribution in [0.5, 0.6) is 5.88 Å². The van der Waals surface area contributed by atoms with Gasteiger partial charge in [-0.05, 0) is 48.2 Å². The van der Waals surface area contributed by atoms with E-state index in [2.05, 4.69) is 0 Å². The van der Waals surface area contributed by atoms with E-state index in [1.807, 2.05) is 0 Å². The molecule has 2 aromatic carbocycles. The molecule has 36 heavy (non-hydrogen) atoms. The molecule has 0 atom stereocenters. The minimum atomic E-state index is -5.01. The van der Waals surface area contributed by atoms with Crippen molar-refractivity contribution in [2.24, 2.45) is 0 Å². The number of nitrogens with zero attached hydrogens (tertiary/aromatic N) is 2. The summed E-state index contributed by atoms with van der Waals surface area (Å²) >= 11 is 0. The van der Waals surface area contributed by atoms with E-state index in [1.165, 1.54) is 12.3 Å². The van der Waals surface area contributed by atoms with Crippen molar-refractivity contribution in [1.82, 2.24) is 4.90 Å². The number of aryl methyl sites for hydroxylation is 1. The van der Waals surface area contributed by atoms with Crippen LogP contribution < -0.4 is 9.47 Å². The molecule has 3 aromatic rings. The highest BCUT2D eigenvalue weighted by atomic mass is 19.4. The van der Waals surface area contributed by atoms with Crippen LogP contribution in [0.15, 0.2) is 54.7 Å². The van der Waals surface area contributed by atoms with Crippen LogP contribution in [0.4, 0.5) is 26.3 Å². The molecule has 1 amide bonds. The molecule has 0 saturated carbocycles. The van der Waals surface area contributed by atoms with Crippen molar-refractivity contribution in [3.63, 3.8) is 0 Å². The summed E-state index contributed by atoms with van der Waals surface area (Å²) in [6.07, 6.45) is -8.63. The molecule has 1 aliphatic rings. The van der Waals surface area contributed by atoms with Crippen LogP contribution in [-0.2, 0) is 18.9 Å². The molecule has 1 aliphatic heterocycles. The summed E-state index contributed by atoms with van der Waals surface area (Å²) in [6.45, 7) is 1.29. The summed E-state index contributed by atoms with van der Waals surface area (Å²) < 4.78 is 85.9. The van der Waals surface area contributed by atoms with Crippen molar-refractivity contribution in [3.8, 4) is 17.0 Å². The van der Waals surface area contributed by atoms with Gasteiger partial charge >= 0.3 is 18.2 Å². The minimum Gasteiger partial charge on any atom is -0.616 e. The second-order valence-electron chi connectivity index (χ2n) is 8.39. The molecule has 0 unspecified atom stereocenters. The first-order valence-electron chi connectivity index (χ1n) is 10.9. The Hall–Kier alpha value is -3.76. The molecule has 190 valence electrons. The van der Waals surface area contributed by atoms with Gasteiger partial charge in [-0.15, -0.1) is 4.73 Å². The normalized spacial score (nSPS) is 14.6. The van der Waals surface area contributed by atoms with Crippen LogP contribution in [0, 0.1) is 12.1 Å². The maximum atomic E-state index is 13.7. The van der Waals surface area contributed by atoms with Gasteiger partial charge in [-0.2, -0.15) is 26.3 Å². The van der Waals surface area contributed by atoms with Gasteiger partial charge in [-0.25, -0.2) is 0 Å². The highest BCUT2D eigenvalue weighted by Crippen LogP contribution is 2.37. The molecular weight excluding hydrogens is 490 g/mol. The van der Waals surface area contributed by atoms with Crippen molar-refractivity contribution >= 4 is 5.91 Å². The lowest BCUT2D eigenvalue weighted by Crippen LogP contribution is -2.39. The number of pyridine rings is 1. The number of amides is 1. The van der Waals surface area contributed by atoms with Gasteiger partial charge in [0, 0.05) is 24.7 Å². The molecule has 0 saturated heterocycles.